The summed E-state index contributed by atoms with van der Waals surface area (Å²) in [6.07, 6.45) is 2.74. The summed E-state index contributed by atoms with van der Waals surface area (Å²) in [6.45, 7) is 6.30. The number of benzene rings is 1. The number of nitrogens with zero attached hydrogens (tertiary/aromatic N) is 2. The van der Waals surface area contributed by atoms with Crippen LogP contribution in [0.2, 0.25) is 5.02 Å². The van der Waals surface area contributed by atoms with E-state index in [0.717, 1.165) is 29.0 Å². The lowest BCUT2D eigenvalue weighted by atomic mass is 10.1. The van der Waals surface area contributed by atoms with Crippen molar-refractivity contribution in [2.45, 2.75) is 26.3 Å². The number of imidazole rings is 1. The van der Waals surface area contributed by atoms with Crippen LogP contribution in [0.25, 0.3) is 16.9 Å². The van der Waals surface area contributed by atoms with Gasteiger partial charge in [0.25, 0.3) is 0 Å². The van der Waals surface area contributed by atoms with Gasteiger partial charge in [-0.05, 0) is 26.8 Å². The molecule has 3 aromatic rings. The molecule has 0 unspecified atom stereocenters. The average Bonchev–Trinajstić information content (AvgIpc) is 2.83. The molecule has 0 aliphatic rings. The molecular formula is C18H18ClN3O. The van der Waals surface area contributed by atoms with Crippen molar-refractivity contribution in [2.24, 2.45) is 0 Å². The van der Waals surface area contributed by atoms with Gasteiger partial charge >= 0.3 is 0 Å². The van der Waals surface area contributed by atoms with Gasteiger partial charge in [0.15, 0.2) is 0 Å². The number of hydrogen-bond donors (Lipinski definition) is 1. The second-order valence-electron chi connectivity index (χ2n) is 6.50. The zero-order valence-corrected chi connectivity index (χ0v) is 14.1. The van der Waals surface area contributed by atoms with E-state index in [0.29, 0.717) is 10.6 Å². The van der Waals surface area contributed by atoms with Gasteiger partial charge < -0.3 is 5.32 Å². The van der Waals surface area contributed by atoms with Crippen LogP contribution in [0.5, 0.6) is 0 Å². The standard InChI is InChI=1S/C18H18ClN3O/c1-18(2,3)21-17-16(13-6-4-12(11-23)5-7-13)20-15-10-14(19)8-9-22(15)17/h4-11,21H,1-3H3. The van der Waals surface area contributed by atoms with E-state index in [1.165, 1.54) is 0 Å². The van der Waals surface area contributed by atoms with Gasteiger partial charge in [-0.15, -0.1) is 0 Å². The van der Waals surface area contributed by atoms with Gasteiger partial charge in [0.05, 0.1) is 0 Å². The molecule has 0 spiro atoms. The number of pyridine rings is 1. The highest BCUT2D eigenvalue weighted by atomic mass is 35.5. The van der Waals surface area contributed by atoms with E-state index in [4.69, 9.17) is 16.6 Å². The predicted octanol–water partition coefficient (Wildman–Crippen LogP) is 4.68. The summed E-state index contributed by atoms with van der Waals surface area (Å²) in [5.41, 5.74) is 3.08. The van der Waals surface area contributed by atoms with Crippen LogP contribution < -0.4 is 5.32 Å². The fourth-order valence-corrected chi connectivity index (χ4v) is 2.57. The van der Waals surface area contributed by atoms with Crippen LogP contribution in [-0.2, 0) is 0 Å². The number of fused-ring (bicyclic) bond motifs is 1. The summed E-state index contributed by atoms with van der Waals surface area (Å²) in [7, 11) is 0. The minimum absolute atomic E-state index is 0.118. The van der Waals surface area contributed by atoms with Crippen LogP contribution in [0.3, 0.4) is 0 Å². The Morgan fingerprint density at radius 1 is 1.17 bits per heavy atom. The third-order valence-electron chi connectivity index (χ3n) is 3.40. The van der Waals surface area contributed by atoms with Gasteiger partial charge in [0.2, 0.25) is 0 Å². The highest BCUT2D eigenvalue weighted by molar-refractivity contribution is 6.30. The number of hydrogen-bond acceptors (Lipinski definition) is 3. The van der Waals surface area contributed by atoms with Crippen molar-refractivity contribution in [3.05, 3.63) is 53.2 Å². The van der Waals surface area contributed by atoms with Crippen molar-refractivity contribution in [1.82, 2.24) is 9.38 Å². The first-order valence-electron chi connectivity index (χ1n) is 7.39. The summed E-state index contributed by atoms with van der Waals surface area (Å²) in [4.78, 5) is 15.6. The highest BCUT2D eigenvalue weighted by Crippen LogP contribution is 2.31. The summed E-state index contributed by atoms with van der Waals surface area (Å²) in [6, 6.07) is 11.1. The summed E-state index contributed by atoms with van der Waals surface area (Å²) >= 11 is 6.09. The van der Waals surface area contributed by atoms with E-state index in [1.54, 1.807) is 12.1 Å². The molecular weight excluding hydrogens is 310 g/mol. The number of halogens is 1. The maximum atomic E-state index is 10.8. The van der Waals surface area contributed by atoms with Gasteiger partial charge in [-0.25, -0.2) is 4.98 Å². The molecule has 0 radical (unpaired) electrons. The fourth-order valence-electron chi connectivity index (χ4n) is 2.42. The van der Waals surface area contributed by atoms with E-state index in [1.807, 2.05) is 34.9 Å². The van der Waals surface area contributed by atoms with E-state index in [9.17, 15) is 4.79 Å². The van der Waals surface area contributed by atoms with E-state index in [-0.39, 0.29) is 5.54 Å². The molecule has 1 N–H and O–H groups in total. The summed E-state index contributed by atoms with van der Waals surface area (Å²) < 4.78 is 1.99. The zero-order valence-electron chi connectivity index (χ0n) is 13.3. The van der Waals surface area contributed by atoms with Gasteiger partial charge in [0.1, 0.15) is 23.4 Å². The van der Waals surface area contributed by atoms with Crippen molar-refractivity contribution >= 4 is 29.4 Å². The Bertz CT molecular complexity index is 860. The number of aldehydes is 1. The molecule has 0 atom stereocenters. The molecule has 0 saturated heterocycles. The van der Waals surface area contributed by atoms with Crippen LogP contribution in [0, 0.1) is 0 Å². The van der Waals surface area contributed by atoms with E-state index in [2.05, 4.69) is 26.1 Å². The van der Waals surface area contributed by atoms with E-state index >= 15 is 0 Å². The van der Waals surface area contributed by atoms with Crippen LogP contribution in [0.1, 0.15) is 31.1 Å². The second-order valence-corrected chi connectivity index (χ2v) is 6.93. The monoisotopic (exact) mass is 327 g/mol. The van der Waals surface area contributed by atoms with Crippen molar-refractivity contribution in [2.75, 3.05) is 5.32 Å². The predicted molar refractivity (Wildman–Crippen MR) is 94.4 cm³/mol. The number of anilines is 1. The van der Waals surface area contributed by atoms with Crippen molar-refractivity contribution < 1.29 is 4.79 Å². The molecule has 5 heteroatoms. The molecule has 0 amide bonds. The molecule has 23 heavy (non-hydrogen) atoms. The number of rotatable bonds is 3. The van der Waals surface area contributed by atoms with E-state index < -0.39 is 0 Å². The topological polar surface area (TPSA) is 46.4 Å². The van der Waals surface area contributed by atoms with Crippen molar-refractivity contribution in [3.63, 3.8) is 0 Å². The van der Waals surface area contributed by atoms with Crippen molar-refractivity contribution in [3.8, 4) is 11.3 Å². The quantitative estimate of drug-likeness (QED) is 0.711. The Morgan fingerprint density at radius 3 is 2.48 bits per heavy atom. The maximum Gasteiger partial charge on any atom is 0.150 e. The fraction of sp³-hybridized carbons (Fsp3) is 0.222. The smallest absolute Gasteiger partial charge is 0.150 e. The molecule has 1 aromatic carbocycles. The molecule has 0 aliphatic heterocycles. The molecule has 2 heterocycles. The van der Waals surface area contributed by atoms with Crippen LogP contribution in [0.4, 0.5) is 5.82 Å². The number of nitrogens with one attached hydrogen (secondary N) is 1. The molecule has 118 valence electrons. The maximum absolute atomic E-state index is 10.8. The van der Waals surface area contributed by atoms with Crippen molar-refractivity contribution in [1.29, 1.82) is 0 Å². The summed E-state index contributed by atoms with van der Waals surface area (Å²) in [5.74, 6) is 0.906. The molecule has 0 fully saturated rings. The first-order chi connectivity index (χ1) is 10.9. The minimum atomic E-state index is -0.118. The lowest BCUT2D eigenvalue weighted by Gasteiger charge is -2.22. The SMILES string of the molecule is CC(C)(C)Nc1c(-c2ccc(C=O)cc2)nc2cc(Cl)ccn12. The van der Waals surface area contributed by atoms with Gasteiger partial charge in [-0.1, -0.05) is 35.9 Å². The average molecular weight is 328 g/mol. The lowest BCUT2D eigenvalue weighted by Crippen LogP contribution is -2.27. The lowest BCUT2D eigenvalue weighted by molar-refractivity contribution is 0.112. The largest absolute Gasteiger partial charge is 0.365 e. The number of aromatic nitrogens is 2. The Balaban J connectivity index is 2.20. The Kier molecular flexibility index (Phi) is 3.86. The summed E-state index contributed by atoms with van der Waals surface area (Å²) in [5, 5.41) is 4.15. The van der Waals surface area contributed by atoms with Gasteiger partial charge in [0, 0.05) is 34.0 Å². The number of carbonyl (C=O) groups excluding carboxylic acids is 1. The Labute approximate surface area is 140 Å². The first-order valence-corrected chi connectivity index (χ1v) is 7.76. The molecule has 0 bridgehead atoms. The minimum Gasteiger partial charge on any atom is -0.365 e. The molecule has 3 rings (SSSR count). The van der Waals surface area contributed by atoms with Crippen LogP contribution in [0.15, 0.2) is 42.6 Å². The normalized spacial score (nSPS) is 11.7. The molecule has 4 nitrogen and oxygen atoms in total. The zero-order chi connectivity index (χ0) is 16.6. The molecule has 2 aromatic heterocycles. The Morgan fingerprint density at radius 2 is 1.87 bits per heavy atom. The Hall–Kier alpha value is -2.33. The third-order valence-corrected chi connectivity index (χ3v) is 3.64. The van der Waals surface area contributed by atoms with Gasteiger partial charge in [-0.2, -0.15) is 0 Å². The first kappa shape index (κ1) is 15.6. The molecule has 0 saturated carbocycles. The third kappa shape index (κ3) is 3.22. The second kappa shape index (κ2) is 5.70. The number of carbonyl (C=O) groups is 1. The van der Waals surface area contributed by atoms with Crippen LogP contribution >= 0.6 is 11.6 Å². The highest BCUT2D eigenvalue weighted by Gasteiger charge is 2.19. The van der Waals surface area contributed by atoms with Crippen LogP contribution in [-0.4, -0.2) is 21.2 Å². The molecule has 0 aliphatic carbocycles. The van der Waals surface area contributed by atoms with Gasteiger partial charge in [-0.3, -0.25) is 9.20 Å².